The summed E-state index contributed by atoms with van der Waals surface area (Å²) in [6, 6.07) is 8.79. The molecule has 1 saturated heterocycles. The van der Waals surface area contributed by atoms with Crippen molar-refractivity contribution in [2.45, 2.75) is 25.8 Å². The zero-order chi connectivity index (χ0) is 11.7. The van der Waals surface area contributed by atoms with Crippen LogP contribution in [0.4, 0.5) is 0 Å². The second-order valence-corrected chi connectivity index (χ2v) is 6.70. The number of benzene rings is 1. The molecule has 0 saturated carbocycles. The summed E-state index contributed by atoms with van der Waals surface area (Å²) in [6.07, 6.45) is 4.15. The molecule has 0 bridgehead atoms. The molecule has 0 aliphatic carbocycles. The molecular weight excluding hydrogens is 294 g/mol. The molecule has 17 heavy (non-hydrogen) atoms. The Morgan fingerprint density at radius 2 is 2.00 bits per heavy atom. The van der Waals surface area contributed by atoms with Gasteiger partial charge in [0.05, 0.1) is 0 Å². The van der Waals surface area contributed by atoms with Crippen molar-refractivity contribution in [1.82, 2.24) is 4.90 Å². The molecule has 1 aliphatic rings. The Balaban J connectivity index is 1.83. The molecule has 90 valence electrons. The highest BCUT2D eigenvalue weighted by Crippen LogP contribution is 2.32. The zero-order valence-corrected chi connectivity index (χ0v) is 12.2. The van der Waals surface area contributed by atoms with Crippen LogP contribution in [-0.2, 0) is 6.54 Å². The van der Waals surface area contributed by atoms with Gasteiger partial charge < -0.3 is 0 Å². The summed E-state index contributed by atoms with van der Waals surface area (Å²) in [5, 5.41) is 1.37. The summed E-state index contributed by atoms with van der Waals surface area (Å²) >= 11 is 5.56. The van der Waals surface area contributed by atoms with Crippen molar-refractivity contribution in [2.24, 2.45) is 0 Å². The number of nitrogens with zero attached hydrogens (tertiary/aromatic N) is 1. The van der Waals surface area contributed by atoms with Gasteiger partial charge in [-0.15, -0.1) is 11.3 Å². The minimum Gasteiger partial charge on any atom is -0.298 e. The smallest absolute Gasteiger partial charge is 0.0488 e. The molecule has 0 amide bonds. The van der Waals surface area contributed by atoms with Gasteiger partial charge in [-0.1, -0.05) is 18.6 Å². The van der Waals surface area contributed by atoms with E-state index in [4.69, 9.17) is 0 Å². The van der Waals surface area contributed by atoms with Crippen LogP contribution in [0.1, 0.15) is 24.1 Å². The van der Waals surface area contributed by atoms with Gasteiger partial charge in [0, 0.05) is 20.6 Å². The van der Waals surface area contributed by atoms with E-state index in [-0.39, 0.29) is 0 Å². The monoisotopic (exact) mass is 309 g/mol. The third-order valence-corrected chi connectivity index (χ3v) is 5.47. The largest absolute Gasteiger partial charge is 0.298 e. The number of hydrogen-bond acceptors (Lipinski definition) is 2. The van der Waals surface area contributed by atoms with Crippen molar-refractivity contribution in [3.8, 4) is 0 Å². The van der Waals surface area contributed by atoms with Crippen LogP contribution in [-0.4, -0.2) is 18.0 Å². The maximum atomic E-state index is 3.63. The van der Waals surface area contributed by atoms with E-state index in [1.54, 1.807) is 0 Å². The average Bonchev–Trinajstić information content (AvgIpc) is 2.74. The number of piperidine rings is 1. The molecule has 2 heterocycles. The summed E-state index contributed by atoms with van der Waals surface area (Å²) < 4.78 is 2.62. The quantitative estimate of drug-likeness (QED) is 0.780. The topological polar surface area (TPSA) is 3.24 Å². The van der Waals surface area contributed by atoms with E-state index >= 15 is 0 Å². The Morgan fingerprint density at radius 1 is 1.18 bits per heavy atom. The van der Waals surface area contributed by atoms with Crippen molar-refractivity contribution in [3.05, 3.63) is 33.6 Å². The maximum absolute atomic E-state index is 3.63. The number of hydrogen-bond donors (Lipinski definition) is 0. The Kier molecular flexibility index (Phi) is 3.50. The number of fused-ring (bicyclic) bond motifs is 1. The normalized spacial score (nSPS) is 17.7. The van der Waals surface area contributed by atoms with Gasteiger partial charge in [-0.2, -0.15) is 0 Å². The lowest BCUT2D eigenvalue weighted by atomic mass is 10.1. The van der Waals surface area contributed by atoms with Gasteiger partial charge >= 0.3 is 0 Å². The van der Waals surface area contributed by atoms with Crippen LogP contribution in [0.3, 0.4) is 0 Å². The second-order valence-electron chi connectivity index (χ2n) is 4.71. The van der Waals surface area contributed by atoms with Gasteiger partial charge in [0.25, 0.3) is 0 Å². The van der Waals surface area contributed by atoms with Gasteiger partial charge in [0.1, 0.15) is 0 Å². The minimum atomic E-state index is 1.13. The molecule has 1 aromatic heterocycles. The maximum Gasteiger partial charge on any atom is 0.0488 e. The highest BCUT2D eigenvalue weighted by molar-refractivity contribution is 9.10. The first-order valence-corrected chi connectivity index (χ1v) is 7.83. The average molecular weight is 310 g/mol. The molecule has 0 spiro atoms. The highest BCUT2D eigenvalue weighted by Gasteiger charge is 2.12. The molecule has 3 heteroatoms. The lowest BCUT2D eigenvalue weighted by molar-refractivity contribution is 0.223. The Labute approximate surface area is 115 Å². The summed E-state index contributed by atoms with van der Waals surface area (Å²) in [5.41, 5.74) is 0. The first-order valence-electron chi connectivity index (χ1n) is 6.22. The fraction of sp³-hybridized carbons (Fsp3) is 0.429. The van der Waals surface area contributed by atoms with E-state index in [9.17, 15) is 0 Å². The summed E-state index contributed by atoms with van der Waals surface area (Å²) in [6.45, 7) is 3.68. The number of likely N-dealkylation sites (tertiary alicyclic amines) is 1. The molecule has 0 N–H and O–H groups in total. The standard InChI is InChI=1S/C14H16BrNS/c15-13-6-4-5-11-9-12(17-14(11)13)10-16-7-2-1-3-8-16/h4-6,9H,1-3,7-8,10H2. The lowest BCUT2D eigenvalue weighted by Crippen LogP contribution is -2.28. The van der Waals surface area contributed by atoms with Crippen molar-refractivity contribution in [3.63, 3.8) is 0 Å². The van der Waals surface area contributed by atoms with Crippen LogP contribution >= 0.6 is 27.3 Å². The predicted octanol–water partition coefficient (Wildman–Crippen LogP) is 4.65. The molecule has 0 radical (unpaired) electrons. The van der Waals surface area contributed by atoms with Crippen LogP contribution in [0.25, 0.3) is 10.1 Å². The Bertz CT molecular complexity index is 514. The molecule has 1 nitrogen and oxygen atoms in total. The molecule has 1 aromatic carbocycles. The third-order valence-electron chi connectivity index (χ3n) is 3.38. The van der Waals surface area contributed by atoms with E-state index in [1.165, 1.54) is 51.8 Å². The van der Waals surface area contributed by atoms with E-state index < -0.39 is 0 Å². The lowest BCUT2D eigenvalue weighted by Gasteiger charge is -2.25. The molecule has 3 rings (SSSR count). The molecule has 2 aromatic rings. The van der Waals surface area contributed by atoms with Crippen LogP contribution in [0.2, 0.25) is 0 Å². The number of halogens is 1. The van der Waals surface area contributed by atoms with Crippen LogP contribution < -0.4 is 0 Å². The van der Waals surface area contributed by atoms with Crippen LogP contribution in [0, 0.1) is 0 Å². The third kappa shape index (κ3) is 2.56. The minimum absolute atomic E-state index is 1.13. The number of thiophene rings is 1. The zero-order valence-electron chi connectivity index (χ0n) is 9.79. The van der Waals surface area contributed by atoms with E-state index in [0.717, 1.165) is 6.54 Å². The van der Waals surface area contributed by atoms with Crippen molar-refractivity contribution in [2.75, 3.05) is 13.1 Å². The molecule has 0 unspecified atom stereocenters. The van der Waals surface area contributed by atoms with Crippen molar-refractivity contribution >= 4 is 37.4 Å². The summed E-state index contributed by atoms with van der Waals surface area (Å²) in [4.78, 5) is 4.08. The molecule has 0 atom stereocenters. The fourth-order valence-corrected chi connectivity index (χ4v) is 4.23. The Morgan fingerprint density at radius 3 is 2.76 bits per heavy atom. The number of rotatable bonds is 2. The van der Waals surface area contributed by atoms with E-state index in [1.807, 2.05) is 11.3 Å². The van der Waals surface area contributed by atoms with Gasteiger partial charge in [0.15, 0.2) is 0 Å². The van der Waals surface area contributed by atoms with Crippen LogP contribution in [0.15, 0.2) is 28.7 Å². The second kappa shape index (κ2) is 5.09. The van der Waals surface area contributed by atoms with Crippen LogP contribution in [0.5, 0.6) is 0 Å². The summed E-state index contributed by atoms with van der Waals surface area (Å²) in [7, 11) is 0. The van der Waals surface area contributed by atoms with Gasteiger partial charge in [-0.05, 0) is 59.4 Å². The van der Waals surface area contributed by atoms with Crippen molar-refractivity contribution in [1.29, 1.82) is 0 Å². The van der Waals surface area contributed by atoms with E-state index in [0.29, 0.717) is 0 Å². The Hall–Kier alpha value is -0.380. The van der Waals surface area contributed by atoms with Gasteiger partial charge in [-0.3, -0.25) is 4.90 Å². The molecular formula is C14H16BrNS. The summed E-state index contributed by atoms with van der Waals surface area (Å²) in [5.74, 6) is 0. The first-order chi connectivity index (χ1) is 8.33. The van der Waals surface area contributed by atoms with Gasteiger partial charge in [0.2, 0.25) is 0 Å². The van der Waals surface area contributed by atoms with Crippen molar-refractivity contribution < 1.29 is 0 Å². The first kappa shape index (κ1) is 11.7. The SMILES string of the molecule is Brc1cccc2cc(CN3CCCCC3)sc12. The van der Waals surface area contributed by atoms with E-state index in [2.05, 4.69) is 45.1 Å². The highest BCUT2D eigenvalue weighted by atomic mass is 79.9. The molecule has 1 fully saturated rings. The molecule has 1 aliphatic heterocycles. The van der Waals surface area contributed by atoms with Gasteiger partial charge in [-0.25, -0.2) is 0 Å². The fourth-order valence-electron chi connectivity index (χ4n) is 2.50. The predicted molar refractivity (Wildman–Crippen MR) is 78.7 cm³/mol.